The smallest absolute Gasteiger partial charge is 0.240 e. The SMILES string of the molecule is CCNS(=O)(=O)c1cccc(C(C)=O)c1. The minimum atomic E-state index is -3.47. The van der Waals surface area contributed by atoms with Crippen LogP contribution < -0.4 is 4.72 Å². The van der Waals surface area contributed by atoms with E-state index in [1.807, 2.05) is 0 Å². The fraction of sp³-hybridized carbons (Fsp3) is 0.300. The zero-order valence-corrected chi connectivity index (χ0v) is 9.47. The van der Waals surface area contributed by atoms with E-state index in [1.165, 1.54) is 19.1 Å². The molecule has 0 heterocycles. The molecule has 0 fully saturated rings. The highest BCUT2D eigenvalue weighted by atomic mass is 32.2. The molecule has 1 aromatic rings. The van der Waals surface area contributed by atoms with E-state index in [0.717, 1.165) is 0 Å². The lowest BCUT2D eigenvalue weighted by atomic mass is 10.2. The Bertz CT molecular complexity index is 465. The maximum Gasteiger partial charge on any atom is 0.240 e. The van der Waals surface area contributed by atoms with Crippen molar-refractivity contribution in [1.82, 2.24) is 4.72 Å². The normalized spacial score (nSPS) is 11.3. The van der Waals surface area contributed by atoms with Gasteiger partial charge in [-0.05, 0) is 19.1 Å². The quantitative estimate of drug-likeness (QED) is 0.786. The number of ketones is 1. The summed E-state index contributed by atoms with van der Waals surface area (Å²) in [5.74, 6) is -0.149. The standard InChI is InChI=1S/C10H13NO3S/c1-3-11-15(13,14)10-6-4-5-9(7-10)8(2)12/h4-7,11H,3H2,1-2H3. The Balaban J connectivity index is 3.16. The van der Waals surface area contributed by atoms with Gasteiger partial charge in [0.15, 0.2) is 5.78 Å². The molecule has 0 bridgehead atoms. The molecule has 0 saturated carbocycles. The molecule has 1 aromatic carbocycles. The number of sulfonamides is 1. The monoisotopic (exact) mass is 227 g/mol. The molecule has 1 rings (SSSR count). The summed E-state index contributed by atoms with van der Waals surface area (Å²) in [7, 11) is -3.47. The van der Waals surface area contributed by atoms with Crippen LogP contribution in [0.4, 0.5) is 0 Å². The number of carbonyl (C=O) groups is 1. The summed E-state index contributed by atoms with van der Waals surface area (Å²) in [5.41, 5.74) is 0.397. The van der Waals surface area contributed by atoms with Crippen molar-refractivity contribution in [1.29, 1.82) is 0 Å². The summed E-state index contributed by atoms with van der Waals surface area (Å²) >= 11 is 0. The number of rotatable bonds is 4. The van der Waals surface area contributed by atoms with Crippen LogP contribution in [-0.4, -0.2) is 20.7 Å². The summed E-state index contributed by atoms with van der Waals surface area (Å²) in [6, 6.07) is 5.99. The molecule has 0 aliphatic heterocycles. The molecule has 82 valence electrons. The molecule has 0 aromatic heterocycles. The summed E-state index contributed by atoms with van der Waals surface area (Å²) in [4.78, 5) is 11.2. The number of nitrogens with one attached hydrogen (secondary N) is 1. The highest BCUT2D eigenvalue weighted by Gasteiger charge is 2.13. The molecule has 0 radical (unpaired) electrons. The first kappa shape index (κ1) is 11.9. The van der Waals surface area contributed by atoms with Crippen LogP contribution in [0.2, 0.25) is 0 Å². The number of Topliss-reactive ketones (excluding diaryl/α,β-unsaturated/α-hetero) is 1. The average Bonchev–Trinajstić information content (AvgIpc) is 2.18. The number of hydrogen-bond acceptors (Lipinski definition) is 3. The van der Waals surface area contributed by atoms with E-state index < -0.39 is 10.0 Å². The van der Waals surface area contributed by atoms with Crippen molar-refractivity contribution >= 4 is 15.8 Å². The van der Waals surface area contributed by atoms with Crippen molar-refractivity contribution < 1.29 is 13.2 Å². The van der Waals surface area contributed by atoms with E-state index in [0.29, 0.717) is 12.1 Å². The third-order valence-electron chi connectivity index (χ3n) is 1.89. The molecule has 0 unspecified atom stereocenters. The van der Waals surface area contributed by atoms with Gasteiger partial charge in [-0.3, -0.25) is 4.79 Å². The van der Waals surface area contributed by atoms with Gasteiger partial charge >= 0.3 is 0 Å². The highest BCUT2D eigenvalue weighted by molar-refractivity contribution is 7.89. The molecule has 5 heteroatoms. The van der Waals surface area contributed by atoms with Crippen molar-refractivity contribution in [2.75, 3.05) is 6.54 Å². The Morgan fingerprint density at radius 1 is 1.40 bits per heavy atom. The Morgan fingerprint density at radius 2 is 2.07 bits per heavy atom. The summed E-state index contributed by atoms with van der Waals surface area (Å²) in [6.07, 6.45) is 0. The van der Waals surface area contributed by atoms with Gasteiger partial charge in [0.2, 0.25) is 10.0 Å². The molecule has 0 spiro atoms. The van der Waals surface area contributed by atoms with Crippen LogP contribution in [0.15, 0.2) is 29.2 Å². The van der Waals surface area contributed by atoms with Gasteiger partial charge in [-0.2, -0.15) is 0 Å². The maximum atomic E-state index is 11.6. The van der Waals surface area contributed by atoms with Crippen molar-refractivity contribution in [3.63, 3.8) is 0 Å². The zero-order chi connectivity index (χ0) is 11.5. The van der Waals surface area contributed by atoms with E-state index >= 15 is 0 Å². The predicted molar refractivity (Wildman–Crippen MR) is 57.3 cm³/mol. The van der Waals surface area contributed by atoms with Crippen LogP contribution in [0, 0.1) is 0 Å². The van der Waals surface area contributed by atoms with E-state index in [1.54, 1.807) is 19.1 Å². The van der Waals surface area contributed by atoms with Gasteiger partial charge < -0.3 is 0 Å². The van der Waals surface area contributed by atoms with Crippen LogP contribution >= 0.6 is 0 Å². The molecule has 0 aliphatic carbocycles. The second-order valence-corrected chi connectivity index (χ2v) is 4.85. The third-order valence-corrected chi connectivity index (χ3v) is 3.43. The van der Waals surface area contributed by atoms with Crippen LogP contribution in [0.1, 0.15) is 24.2 Å². The molecule has 0 amide bonds. The lowest BCUT2D eigenvalue weighted by Gasteiger charge is -2.05. The summed E-state index contributed by atoms with van der Waals surface area (Å²) < 4.78 is 25.5. The maximum absolute atomic E-state index is 11.6. The largest absolute Gasteiger partial charge is 0.295 e. The molecular weight excluding hydrogens is 214 g/mol. The fourth-order valence-electron chi connectivity index (χ4n) is 1.16. The third kappa shape index (κ3) is 2.87. The Morgan fingerprint density at radius 3 is 2.60 bits per heavy atom. The van der Waals surface area contributed by atoms with Gasteiger partial charge in [0, 0.05) is 12.1 Å². The van der Waals surface area contributed by atoms with Gasteiger partial charge in [0.1, 0.15) is 0 Å². The Kier molecular flexibility index (Phi) is 3.60. The van der Waals surface area contributed by atoms with Crippen LogP contribution in [0.5, 0.6) is 0 Å². The van der Waals surface area contributed by atoms with Crippen molar-refractivity contribution in [2.24, 2.45) is 0 Å². The second-order valence-electron chi connectivity index (χ2n) is 3.09. The number of carbonyl (C=O) groups excluding carboxylic acids is 1. The van der Waals surface area contributed by atoms with Crippen LogP contribution in [-0.2, 0) is 10.0 Å². The van der Waals surface area contributed by atoms with Gasteiger partial charge in [-0.25, -0.2) is 13.1 Å². The highest BCUT2D eigenvalue weighted by Crippen LogP contribution is 2.11. The van der Waals surface area contributed by atoms with Gasteiger partial charge in [0.25, 0.3) is 0 Å². The fourth-order valence-corrected chi connectivity index (χ4v) is 2.24. The number of benzene rings is 1. The summed E-state index contributed by atoms with van der Waals surface area (Å²) in [5, 5.41) is 0. The first-order valence-electron chi connectivity index (χ1n) is 4.58. The number of hydrogen-bond donors (Lipinski definition) is 1. The van der Waals surface area contributed by atoms with Crippen LogP contribution in [0.25, 0.3) is 0 Å². The Hall–Kier alpha value is -1.20. The predicted octanol–water partition coefficient (Wildman–Crippen LogP) is 1.19. The minimum absolute atomic E-state index is 0.122. The molecule has 15 heavy (non-hydrogen) atoms. The molecule has 0 atom stereocenters. The Labute approximate surface area is 89.4 Å². The van der Waals surface area contributed by atoms with Crippen molar-refractivity contribution in [3.8, 4) is 0 Å². The van der Waals surface area contributed by atoms with E-state index in [2.05, 4.69) is 4.72 Å². The average molecular weight is 227 g/mol. The van der Waals surface area contributed by atoms with Crippen molar-refractivity contribution in [3.05, 3.63) is 29.8 Å². The van der Waals surface area contributed by atoms with Gasteiger partial charge in [-0.15, -0.1) is 0 Å². The lowest BCUT2D eigenvalue weighted by Crippen LogP contribution is -2.23. The molecule has 4 nitrogen and oxygen atoms in total. The summed E-state index contributed by atoms with van der Waals surface area (Å²) in [6.45, 7) is 3.43. The van der Waals surface area contributed by atoms with E-state index in [4.69, 9.17) is 0 Å². The van der Waals surface area contributed by atoms with Gasteiger partial charge in [0.05, 0.1) is 4.90 Å². The van der Waals surface area contributed by atoms with Crippen molar-refractivity contribution in [2.45, 2.75) is 18.7 Å². The van der Waals surface area contributed by atoms with Crippen LogP contribution in [0.3, 0.4) is 0 Å². The topological polar surface area (TPSA) is 63.2 Å². The second kappa shape index (κ2) is 4.55. The molecule has 0 aliphatic rings. The van der Waals surface area contributed by atoms with Gasteiger partial charge in [-0.1, -0.05) is 19.1 Å². The molecule has 1 N–H and O–H groups in total. The molecular formula is C10H13NO3S. The minimum Gasteiger partial charge on any atom is -0.295 e. The first-order chi connectivity index (χ1) is 6.97. The zero-order valence-electron chi connectivity index (χ0n) is 8.65. The van der Waals surface area contributed by atoms with E-state index in [9.17, 15) is 13.2 Å². The first-order valence-corrected chi connectivity index (χ1v) is 6.06. The van der Waals surface area contributed by atoms with E-state index in [-0.39, 0.29) is 10.7 Å². The lowest BCUT2D eigenvalue weighted by molar-refractivity contribution is 0.101. The molecule has 0 saturated heterocycles.